The lowest BCUT2D eigenvalue weighted by Gasteiger charge is -2.24. The first-order valence-corrected chi connectivity index (χ1v) is 9.27. The summed E-state index contributed by atoms with van der Waals surface area (Å²) < 4.78 is 2.09. The van der Waals surface area contributed by atoms with Gasteiger partial charge in [-0.15, -0.1) is 24.8 Å². The molecule has 0 aromatic carbocycles. The summed E-state index contributed by atoms with van der Waals surface area (Å²) in [5, 5.41) is 8.09. The molecule has 148 valence electrons. The fourth-order valence-corrected chi connectivity index (χ4v) is 3.91. The monoisotopic (exact) mass is 411 g/mol. The SMILES string of the molecule is Cl.Cl.O=C(CCc1cc2n(n1)CCCNC2)N1CCCC1c1cccnc1. The molecule has 2 aromatic rings. The molecule has 8 heteroatoms. The number of nitrogens with one attached hydrogen (secondary N) is 1. The van der Waals surface area contributed by atoms with Crippen molar-refractivity contribution >= 4 is 30.7 Å². The number of rotatable bonds is 4. The van der Waals surface area contributed by atoms with Gasteiger partial charge in [0.05, 0.1) is 17.4 Å². The van der Waals surface area contributed by atoms with Crippen LogP contribution in [0.1, 0.15) is 48.7 Å². The number of amides is 1. The minimum Gasteiger partial charge on any atom is -0.336 e. The molecule has 1 fully saturated rings. The standard InChI is InChI=1S/C19H25N5O.2ClH/c25-19(23-10-2-5-18(23)15-4-1-8-20-13-15)7-6-16-12-17-14-21-9-3-11-24(17)22-16;;/h1,4,8,12-13,18,21H,2-3,5-7,9-11,14H2;2*1H. The van der Waals surface area contributed by atoms with Crippen LogP contribution in [0.4, 0.5) is 0 Å². The quantitative estimate of drug-likeness (QED) is 0.839. The molecule has 0 bridgehead atoms. The molecular formula is C19H27Cl2N5O. The van der Waals surface area contributed by atoms with E-state index in [1.54, 1.807) is 6.20 Å². The molecule has 1 atom stereocenters. The van der Waals surface area contributed by atoms with Crippen LogP contribution < -0.4 is 5.32 Å². The molecule has 1 saturated heterocycles. The van der Waals surface area contributed by atoms with E-state index in [9.17, 15) is 4.79 Å². The molecule has 0 radical (unpaired) electrons. The second-order valence-corrected chi connectivity index (χ2v) is 6.91. The van der Waals surface area contributed by atoms with Gasteiger partial charge in [0.1, 0.15) is 0 Å². The molecule has 4 rings (SSSR count). The zero-order chi connectivity index (χ0) is 17.1. The second kappa shape index (κ2) is 10.1. The fraction of sp³-hybridized carbons (Fsp3) is 0.526. The van der Waals surface area contributed by atoms with E-state index in [-0.39, 0.29) is 36.8 Å². The predicted molar refractivity (Wildman–Crippen MR) is 109 cm³/mol. The Balaban J connectivity index is 0.00000131. The molecule has 2 aliphatic heterocycles. The van der Waals surface area contributed by atoms with Gasteiger partial charge < -0.3 is 10.2 Å². The molecule has 27 heavy (non-hydrogen) atoms. The van der Waals surface area contributed by atoms with Gasteiger partial charge >= 0.3 is 0 Å². The molecule has 0 aliphatic carbocycles. The van der Waals surface area contributed by atoms with Crippen LogP contribution in [0.2, 0.25) is 0 Å². The third kappa shape index (κ3) is 5.00. The topological polar surface area (TPSA) is 63.1 Å². The number of pyridine rings is 1. The van der Waals surface area contributed by atoms with Crippen molar-refractivity contribution in [2.75, 3.05) is 13.1 Å². The molecule has 1 N–H and O–H groups in total. The summed E-state index contributed by atoms with van der Waals surface area (Å²) >= 11 is 0. The number of hydrogen-bond donors (Lipinski definition) is 1. The number of halogens is 2. The van der Waals surface area contributed by atoms with Gasteiger partial charge in [-0.1, -0.05) is 6.07 Å². The third-order valence-electron chi connectivity index (χ3n) is 5.18. The van der Waals surface area contributed by atoms with E-state index in [2.05, 4.69) is 32.2 Å². The lowest BCUT2D eigenvalue weighted by molar-refractivity contribution is -0.132. The molecule has 0 saturated carbocycles. The van der Waals surface area contributed by atoms with Crippen molar-refractivity contribution < 1.29 is 4.79 Å². The summed E-state index contributed by atoms with van der Waals surface area (Å²) in [6, 6.07) is 6.35. The minimum atomic E-state index is 0. The average Bonchev–Trinajstić information content (AvgIpc) is 3.23. The van der Waals surface area contributed by atoms with Gasteiger partial charge in [0.25, 0.3) is 0 Å². The molecular weight excluding hydrogens is 385 g/mol. The number of nitrogens with zero attached hydrogens (tertiary/aromatic N) is 4. The van der Waals surface area contributed by atoms with Crippen LogP contribution in [0.15, 0.2) is 30.6 Å². The highest BCUT2D eigenvalue weighted by Crippen LogP contribution is 2.32. The van der Waals surface area contributed by atoms with Gasteiger partial charge in [0, 0.05) is 44.9 Å². The minimum absolute atomic E-state index is 0. The van der Waals surface area contributed by atoms with Crippen LogP contribution in [0, 0.1) is 0 Å². The smallest absolute Gasteiger partial charge is 0.223 e. The highest BCUT2D eigenvalue weighted by molar-refractivity contribution is 5.85. The first-order valence-electron chi connectivity index (χ1n) is 9.27. The van der Waals surface area contributed by atoms with Gasteiger partial charge in [-0.25, -0.2) is 0 Å². The summed E-state index contributed by atoms with van der Waals surface area (Å²) in [7, 11) is 0. The van der Waals surface area contributed by atoms with E-state index in [0.717, 1.165) is 63.1 Å². The third-order valence-corrected chi connectivity index (χ3v) is 5.18. The summed E-state index contributed by atoms with van der Waals surface area (Å²) in [4.78, 5) is 19.0. The Kier molecular flexibility index (Phi) is 8.07. The Morgan fingerprint density at radius 3 is 2.96 bits per heavy atom. The van der Waals surface area contributed by atoms with Gasteiger partial charge in [0.15, 0.2) is 0 Å². The number of carbonyl (C=O) groups excluding carboxylic acids is 1. The highest BCUT2D eigenvalue weighted by atomic mass is 35.5. The largest absolute Gasteiger partial charge is 0.336 e. The normalized spacial score (nSPS) is 18.8. The van der Waals surface area contributed by atoms with E-state index in [4.69, 9.17) is 0 Å². The van der Waals surface area contributed by atoms with E-state index >= 15 is 0 Å². The number of hydrogen-bond acceptors (Lipinski definition) is 4. The zero-order valence-corrected chi connectivity index (χ0v) is 17.0. The maximum absolute atomic E-state index is 12.8. The zero-order valence-electron chi connectivity index (χ0n) is 15.3. The second-order valence-electron chi connectivity index (χ2n) is 6.91. The maximum atomic E-state index is 12.8. The highest BCUT2D eigenvalue weighted by Gasteiger charge is 2.29. The van der Waals surface area contributed by atoms with Crippen molar-refractivity contribution in [3.8, 4) is 0 Å². The van der Waals surface area contributed by atoms with Crippen molar-refractivity contribution in [2.24, 2.45) is 0 Å². The Morgan fingerprint density at radius 1 is 1.26 bits per heavy atom. The molecule has 2 aromatic heterocycles. The van der Waals surface area contributed by atoms with Crippen molar-refractivity contribution in [1.29, 1.82) is 0 Å². The number of aryl methyl sites for hydroxylation is 2. The van der Waals surface area contributed by atoms with Crippen LogP contribution in [-0.4, -0.2) is 38.7 Å². The van der Waals surface area contributed by atoms with E-state index < -0.39 is 0 Å². The summed E-state index contributed by atoms with van der Waals surface area (Å²) in [5.41, 5.74) is 3.41. The van der Waals surface area contributed by atoms with Crippen LogP contribution in [-0.2, 0) is 24.3 Å². The van der Waals surface area contributed by atoms with Gasteiger partial charge in [-0.2, -0.15) is 5.10 Å². The van der Waals surface area contributed by atoms with Crippen molar-refractivity contribution in [2.45, 2.75) is 51.2 Å². The lowest BCUT2D eigenvalue weighted by atomic mass is 10.1. The van der Waals surface area contributed by atoms with Crippen LogP contribution in [0.25, 0.3) is 0 Å². The van der Waals surface area contributed by atoms with Gasteiger partial charge in [-0.05, 0) is 43.5 Å². The first-order chi connectivity index (χ1) is 12.3. The van der Waals surface area contributed by atoms with E-state index in [1.807, 2.05) is 17.2 Å². The van der Waals surface area contributed by atoms with Gasteiger partial charge in [0.2, 0.25) is 5.91 Å². The molecule has 1 amide bonds. The maximum Gasteiger partial charge on any atom is 0.223 e. The average molecular weight is 412 g/mol. The lowest BCUT2D eigenvalue weighted by Crippen LogP contribution is -2.30. The van der Waals surface area contributed by atoms with Crippen molar-refractivity contribution in [3.63, 3.8) is 0 Å². The van der Waals surface area contributed by atoms with Gasteiger partial charge in [-0.3, -0.25) is 14.5 Å². The number of carbonyl (C=O) groups is 1. The Hall–Kier alpha value is -1.63. The Morgan fingerprint density at radius 2 is 2.15 bits per heavy atom. The van der Waals surface area contributed by atoms with E-state index in [1.165, 1.54) is 5.69 Å². The van der Waals surface area contributed by atoms with Crippen LogP contribution in [0.3, 0.4) is 0 Å². The first kappa shape index (κ1) is 21.7. The predicted octanol–water partition coefficient (Wildman–Crippen LogP) is 2.91. The molecule has 6 nitrogen and oxygen atoms in total. The Labute approximate surface area is 172 Å². The fourth-order valence-electron chi connectivity index (χ4n) is 3.91. The summed E-state index contributed by atoms with van der Waals surface area (Å²) in [6.07, 6.45) is 8.11. The van der Waals surface area contributed by atoms with Crippen LogP contribution >= 0.6 is 24.8 Å². The molecule has 1 unspecified atom stereocenters. The Bertz CT molecular complexity index is 713. The number of fused-ring (bicyclic) bond motifs is 1. The van der Waals surface area contributed by atoms with Crippen LogP contribution in [0.5, 0.6) is 0 Å². The molecule has 0 spiro atoms. The molecule has 2 aliphatic rings. The number of aromatic nitrogens is 3. The number of likely N-dealkylation sites (tertiary alicyclic amines) is 1. The summed E-state index contributed by atoms with van der Waals surface area (Å²) in [5.74, 6) is 0.229. The van der Waals surface area contributed by atoms with E-state index in [0.29, 0.717) is 6.42 Å². The van der Waals surface area contributed by atoms with Crippen molar-refractivity contribution in [3.05, 3.63) is 47.5 Å². The van der Waals surface area contributed by atoms with Crippen molar-refractivity contribution in [1.82, 2.24) is 25.0 Å². The molecule has 4 heterocycles. The summed E-state index contributed by atoms with van der Waals surface area (Å²) in [6.45, 7) is 3.73.